The predicted molar refractivity (Wildman–Crippen MR) is 96.4 cm³/mol. The number of ether oxygens (including phenoxy) is 1. The third-order valence-electron chi connectivity index (χ3n) is 3.44. The Kier molecular flexibility index (Phi) is 5.57. The summed E-state index contributed by atoms with van der Waals surface area (Å²) in [6.45, 7) is 2.88. The fourth-order valence-corrected chi connectivity index (χ4v) is 3.10. The first-order valence-corrected chi connectivity index (χ1v) is 8.62. The maximum Gasteiger partial charge on any atom is 0.206 e. The number of rotatable bonds is 6. The number of aromatic nitrogens is 1. The number of nitrogens with zero attached hydrogens (tertiary/aromatic N) is 3. The molecule has 5 nitrogen and oxygen atoms in total. The highest BCUT2D eigenvalue weighted by atomic mass is 32.1. The van der Waals surface area contributed by atoms with Gasteiger partial charge in [0.1, 0.15) is 17.3 Å². The van der Waals surface area contributed by atoms with Crippen LogP contribution in [0.3, 0.4) is 0 Å². The standard InChI is InChI=1S/C18H18FN3O2S/c1-13-7-8-14(24-13)11-21-22-17(15-5-3-4-6-16(15)19)12-25-18(22)20-9-10-23-2/h3-8,11-12H,9-10H2,1-2H3/b20-18?,21-11-. The molecule has 3 rings (SSSR count). The van der Waals surface area contributed by atoms with Gasteiger partial charge in [-0.15, -0.1) is 11.3 Å². The smallest absolute Gasteiger partial charge is 0.206 e. The molecule has 0 aliphatic rings. The van der Waals surface area contributed by atoms with Crippen molar-refractivity contribution in [2.24, 2.45) is 10.1 Å². The molecule has 0 saturated carbocycles. The first kappa shape index (κ1) is 17.3. The quantitative estimate of drug-likeness (QED) is 0.498. The average molecular weight is 359 g/mol. The fraction of sp³-hybridized carbons (Fsp3) is 0.222. The molecule has 0 radical (unpaired) electrons. The van der Waals surface area contributed by atoms with Gasteiger partial charge in [-0.3, -0.25) is 4.99 Å². The summed E-state index contributed by atoms with van der Waals surface area (Å²) in [7, 11) is 1.63. The number of aryl methyl sites for hydroxylation is 1. The molecule has 25 heavy (non-hydrogen) atoms. The van der Waals surface area contributed by atoms with Gasteiger partial charge in [0.2, 0.25) is 4.80 Å². The molecule has 0 N–H and O–H groups in total. The molecule has 0 fully saturated rings. The summed E-state index contributed by atoms with van der Waals surface area (Å²) in [6, 6.07) is 10.3. The molecular weight excluding hydrogens is 341 g/mol. The Balaban J connectivity index is 2.05. The third kappa shape index (κ3) is 4.12. The molecule has 0 atom stereocenters. The Morgan fingerprint density at radius 2 is 2.12 bits per heavy atom. The molecule has 1 aromatic carbocycles. The maximum atomic E-state index is 14.2. The number of hydrogen-bond acceptors (Lipinski definition) is 5. The second kappa shape index (κ2) is 8.04. The summed E-state index contributed by atoms with van der Waals surface area (Å²) >= 11 is 1.40. The lowest BCUT2D eigenvalue weighted by Crippen LogP contribution is -2.14. The van der Waals surface area contributed by atoms with Crippen LogP contribution in [-0.2, 0) is 4.74 Å². The van der Waals surface area contributed by atoms with Crippen LogP contribution in [0.5, 0.6) is 0 Å². The highest BCUT2D eigenvalue weighted by molar-refractivity contribution is 7.07. The van der Waals surface area contributed by atoms with E-state index in [0.717, 1.165) is 5.76 Å². The van der Waals surface area contributed by atoms with Crippen molar-refractivity contribution in [3.8, 4) is 11.3 Å². The Hall–Kier alpha value is -2.51. The topological polar surface area (TPSA) is 52.0 Å². The molecule has 130 valence electrons. The molecular formula is C18H18FN3O2S. The summed E-state index contributed by atoms with van der Waals surface area (Å²) in [5, 5.41) is 6.30. The van der Waals surface area contributed by atoms with E-state index >= 15 is 0 Å². The van der Waals surface area contributed by atoms with Gasteiger partial charge in [-0.1, -0.05) is 12.1 Å². The maximum absolute atomic E-state index is 14.2. The molecule has 3 aromatic rings. The Morgan fingerprint density at radius 1 is 1.28 bits per heavy atom. The van der Waals surface area contributed by atoms with Crippen LogP contribution < -0.4 is 4.80 Å². The highest BCUT2D eigenvalue weighted by Crippen LogP contribution is 2.23. The van der Waals surface area contributed by atoms with Gasteiger partial charge < -0.3 is 9.15 Å². The number of furan rings is 1. The Bertz CT molecular complexity index is 940. The summed E-state index contributed by atoms with van der Waals surface area (Å²) in [6.07, 6.45) is 1.60. The molecule has 7 heteroatoms. The zero-order valence-corrected chi connectivity index (χ0v) is 14.8. The van der Waals surface area contributed by atoms with Crippen LogP contribution >= 0.6 is 11.3 Å². The van der Waals surface area contributed by atoms with E-state index in [1.165, 1.54) is 17.4 Å². The van der Waals surface area contributed by atoms with Crippen LogP contribution in [0.2, 0.25) is 0 Å². The van der Waals surface area contributed by atoms with E-state index < -0.39 is 0 Å². The van der Waals surface area contributed by atoms with Crippen molar-refractivity contribution in [3.05, 3.63) is 63.9 Å². The SMILES string of the molecule is COCCN=c1scc(-c2ccccc2F)n1/N=C\c1ccc(C)o1. The lowest BCUT2D eigenvalue weighted by molar-refractivity contribution is 0.207. The molecule has 0 bridgehead atoms. The lowest BCUT2D eigenvalue weighted by Gasteiger charge is -2.04. The van der Waals surface area contributed by atoms with Crippen LogP contribution in [0.1, 0.15) is 11.5 Å². The van der Waals surface area contributed by atoms with E-state index in [4.69, 9.17) is 9.15 Å². The summed E-state index contributed by atoms with van der Waals surface area (Å²) < 4.78 is 26.4. The van der Waals surface area contributed by atoms with Crippen LogP contribution in [0.15, 0.2) is 56.3 Å². The van der Waals surface area contributed by atoms with E-state index in [0.29, 0.717) is 35.0 Å². The summed E-state index contributed by atoms with van der Waals surface area (Å²) in [5.41, 5.74) is 1.11. The molecule has 0 amide bonds. The van der Waals surface area contributed by atoms with Gasteiger partial charge in [0, 0.05) is 18.1 Å². The average Bonchev–Trinajstić information content (AvgIpc) is 3.20. The van der Waals surface area contributed by atoms with E-state index in [9.17, 15) is 4.39 Å². The minimum absolute atomic E-state index is 0.304. The minimum atomic E-state index is -0.304. The molecule has 2 heterocycles. The van der Waals surface area contributed by atoms with Gasteiger partial charge >= 0.3 is 0 Å². The molecule has 0 aliphatic heterocycles. The highest BCUT2D eigenvalue weighted by Gasteiger charge is 2.11. The van der Waals surface area contributed by atoms with Gasteiger partial charge in [0.25, 0.3) is 0 Å². The first-order chi connectivity index (χ1) is 12.2. The zero-order chi connectivity index (χ0) is 17.6. The van der Waals surface area contributed by atoms with Crippen LogP contribution in [0.4, 0.5) is 4.39 Å². The van der Waals surface area contributed by atoms with Gasteiger partial charge in [-0.25, -0.2) is 9.07 Å². The molecule has 0 aliphatic carbocycles. The van der Waals surface area contributed by atoms with Crippen molar-refractivity contribution < 1.29 is 13.5 Å². The Labute approximate surface area is 148 Å². The van der Waals surface area contributed by atoms with Crippen molar-refractivity contribution in [1.82, 2.24) is 4.68 Å². The van der Waals surface area contributed by atoms with E-state index in [1.54, 1.807) is 36.2 Å². The fourth-order valence-electron chi connectivity index (χ4n) is 2.24. The van der Waals surface area contributed by atoms with Gasteiger partial charge in [0.15, 0.2) is 0 Å². The number of halogens is 1. The first-order valence-electron chi connectivity index (χ1n) is 7.74. The van der Waals surface area contributed by atoms with Crippen molar-refractivity contribution in [3.63, 3.8) is 0 Å². The minimum Gasteiger partial charge on any atom is -0.460 e. The largest absolute Gasteiger partial charge is 0.460 e. The van der Waals surface area contributed by atoms with Gasteiger partial charge in [-0.05, 0) is 31.2 Å². The zero-order valence-electron chi connectivity index (χ0n) is 14.0. The third-order valence-corrected chi connectivity index (χ3v) is 4.29. The number of hydrogen-bond donors (Lipinski definition) is 0. The second-order valence-corrected chi connectivity index (χ2v) is 6.10. The van der Waals surface area contributed by atoms with Crippen molar-refractivity contribution in [1.29, 1.82) is 0 Å². The van der Waals surface area contributed by atoms with Crippen molar-refractivity contribution in [2.75, 3.05) is 20.3 Å². The Morgan fingerprint density at radius 3 is 2.84 bits per heavy atom. The van der Waals surface area contributed by atoms with Crippen LogP contribution in [0.25, 0.3) is 11.3 Å². The normalized spacial score (nSPS) is 12.4. The number of benzene rings is 1. The van der Waals surface area contributed by atoms with Crippen molar-refractivity contribution >= 4 is 17.6 Å². The summed E-state index contributed by atoms with van der Waals surface area (Å²) in [5.74, 6) is 1.12. The van der Waals surface area contributed by atoms with E-state index in [1.807, 2.05) is 24.4 Å². The molecule has 2 aromatic heterocycles. The monoisotopic (exact) mass is 359 g/mol. The summed E-state index contributed by atoms with van der Waals surface area (Å²) in [4.78, 5) is 5.14. The second-order valence-electron chi connectivity index (χ2n) is 5.26. The van der Waals surface area contributed by atoms with Crippen LogP contribution in [-0.4, -0.2) is 31.2 Å². The van der Waals surface area contributed by atoms with Crippen LogP contribution in [0, 0.1) is 12.7 Å². The number of thiazole rings is 1. The number of methoxy groups -OCH3 is 1. The molecule has 0 unspecified atom stereocenters. The van der Waals surface area contributed by atoms with E-state index in [-0.39, 0.29) is 5.82 Å². The van der Waals surface area contributed by atoms with E-state index in [2.05, 4.69) is 10.1 Å². The predicted octanol–water partition coefficient (Wildman–Crippen LogP) is 3.69. The van der Waals surface area contributed by atoms with Gasteiger partial charge in [-0.2, -0.15) is 5.10 Å². The van der Waals surface area contributed by atoms with Gasteiger partial charge in [0.05, 0.1) is 25.1 Å². The molecule has 0 spiro atoms. The lowest BCUT2D eigenvalue weighted by atomic mass is 10.1. The molecule has 0 saturated heterocycles. The van der Waals surface area contributed by atoms with Crippen molar-refractivity contribution in [2.45, 2.75) is 6.92 Å².